The summed E-state index contributed by atoms with van der Waals surface area (Å²) in [7, 11) is 0. The Morgan fingerprint density at radius 2 is 1.95 bits per heavy atom. The van der Waals surface area contributed by atoms with E-state index in [4.69, 9.17) is 13.6 Å². The number of hydrogen-bond donors (Lipinski definition) is 0. The van der Waals surface area contributed by atoms with Crippen LogP contribution >= 0.6 is 0 Å². The van der Waals surface area contributed by atoms with Crippen molar-refractivity contribution in [2.24, 2.45) is 0 Å². The van der Waals surface area contributed by atoms with E-state index in [1.165, 1.54) is 6.07 Å². The molecule has 20 heavy (non-hydrogen) atoms. The quantitative estimate of drug-likeness (QED) is 0.518. The highest BCUT2D eigenvalue weighted by Gasteiger charge is 2.14. The van der Waals surface area contributed by atoms with Crippen LogP contribution < -0.4 is 10.4 Å². The maximum absolute atomic E-state index is 11.4. The van der Waals surface area contributed by atoms with E-state index in [1.807, 2.05) is 12.1 Å². The van der Waals surface area contributed by atoms with Gasteiger partial charge in [0.15, 0.2) is 11.2 Å². The highest BCUT2D eigenvalue weighted by atomic mass is 16.5. The number of fused-ring (bicyclic) bond motifs is 2. The van der Waals surface area contributed by atoms with Crippen LogP contribution in [0.5, 0.6) is 5.75 Å². The molecule has 0 bridgehead atoms. The predicted molar refractivity (Wildman–Crippen MR) is 77.3 cm³/mol. The fraction of sp³-hybridized carbons (Fsp3) is 0.312. The lowest BCUT2D eigenvalue weighted by Gasteiger charge is -2.08. The molecule has 0 amide bonds. The van der Waals surface area contributed by atoms with Crippen molar-refractivity contribution in [2.75, 3.05) is 6.61 Å². The highest BCUT2D eigenvalue weighted by Crippen LogP contribution is 2.34. The Hall–Kier alpha value is -2.23. The minimum absolute atomic E-state index is 0.387. The predicted octanol–water partition coefficient (Wildman–Crippen LogP) is 4.11. The van der Waals surface area contributed by atoms with Crippen molar-refractivity contribution in [1.82, 2.24) is 0 Å². The zero-order chi connectivity index (χ0) is 13.9. The summed E-state index contributed by atoms with van der Waals surface area (Å²) >= 11 is 0. The lowest BCUT2D eigenvalue weighted by atomic mass is 10.1. The number of benzene rings is 1. The van der Waals surface area contributed by atoms with Gasteiger partial charge in [0.2, 0.25) is 5.75 Å². The molecule has 0 atom stereocenters. The number of ether oxygens (including phenoxy) is 1. The first-order valence-corrected chi connectivity index (χ1v) is 6.86. The van der Waals surface area contributed by atoms with Gasteiger partial charge in [0, 0.05) is 16.8 Å². The Balaban J connectivity index is 2.09. The van der Waals surface area contributed by atoms with Crippen molar-refractivity contribution in [2.45, 2.75) is 26.2 Å². The summed E-state index contributed by atoms with van der Waals surface area (Å²) in [4.78, 5) is 11.4. The second kappa shape index (κ2) is 5.41. The molecule has 3 aromatic rings. The van der Waals surface area contributed by atoms with Crippen LogP contribution in [0, 0.1) is 0 Å². The zero-order valence-electron chi connectivity index (χ0n) is 11.3. The van der Waals surface area contributed by atoms with Gasteiger partial charge in [-0.3, -0.25) is 0 Å². The maximum Gasteiger partial charge on any atom is 0.336 e. The van der Waals surface area contributed by atoms with Gasteiger partial charge in [-0.25, -0.2) is 4.79 Å². The summed E-state index contributed by atoms with van der Waals surface area (Å²) in [6, 6.07) is 6.95. The van der Waals surface area contributed by atoms with Gasteiger partial charge in [-0.15, -0.1) is 0 Å². The van der Waals surface area contributed by atoms with Gasteiger partial charge in [0.1, 0.15) is 0 Å². The topological polar surface area (TPSA) is 52.6 Å². The van der Waals surface area contributed by atoms with Crippen molar-refractivity contribution in [1.29, 1.82) is 0 Å². The van der Waals surface area contributed by atoms with Gasteiger partial charge in [0.05, 0.1) is 12.9 Å². The molecule has 3 rings (SSSR count). The molecule has 0 aliphatic carbocycles. The average molecular weight is 272 g/mol. The largest absolute Gasteiger partial charge is 0.486 e. The summed E-state index contributed by atoms with van der Waals surface area (Å²) in [6.07, 6.45) is 4.81. The van der Waals surface area contributed by atoms with Crippen molar-refractivity contribution in [3.05, 3.63) is 40.9 Å². The Kier molecular flexibility index (Phi) is 3.46. The summed E-state index contributed by atoms with van der Waals surface area (Å²) in [6.45, 7) is 2.73. The molecule has 0 saturated carbocycles. The van der Waals surface area contributed by atoms with Crippen LogP contribution in [0.2, 0.25) is 0 Å². The normalized spacial score (nSPS) is 11.2. The lowest BCUT2D eigenvalue weighted by molar-refractivity contribution is 0.303. The summed E-state index contributed by atoms with van der Waals surface area (Å²) < 4.78 is 16.6. The molecular formula is C16H16O4. The molecule has 1 aromatic carbocycles. The molecule has 4 nitrogen and oxygen atoms in total. The third kappa shape index (κ3) is 2.29. The fourth-order valence-corrected chi connectivity index (χ4v) is 2.26. The molecule has 2 aromatic heterocycles. The number of furan rings is 1. The number of hydrogen-bond acceptors (Lipinski definition) is 4. The average Bonchev–Trinajstić information content (AvgIpc) is 2.91. The van der Waals surface area contributed by atoms with E-state index in [0.29, 0.717) is 23.5 Å². The molecule has 0 aliphatic heterocycles. The second-order valence-electron chi connectivity index (χ2n) is 4.77. The summed E-state index contributed by atoms with van der Waals surface area (Å²) in [5.41, 5.74) is 0.696. The Bertz CT molecular complexity index is 782. The van der Waals surface area contributed by atoms with E-state index in [2.05, 4.69) is 6.92 Å². The molecule has 0 unspecified atom stereocenters. The van der Waals surface area contributed by atoms with Crippen LogP contribution in [0.25, 0.3) is 21.9 Å². The molecule has 0 N–H and O–H groups in total. The third-order valence-corrected chi connectivity index (χ3v) is 3.28. The van der Waals surface area contributed by atoms with Gasteiger partial charge < -0.3 is 13.6 Å². The van der Waals surface area contributed by atoms with E-state index in [9.17, 15) is 4.79 Å². The van der Waals surface area contributed by atoms with Crippen LogP contribution in [-0.4, -0.2) is 6.61 Å². The zero-order valence-corrected chi connectivity index (χ0v) is 11.3. The second-order valence-corrected chi connectivity index (χ2v) is 4.77. The van der Waals surface area contributed by atoms with E-state index in [-0.39, 0.29) is 5.63 Å². The highest BCUT2D eigenvalue weighted by molar-refractivity contribution is 5.99. The van der Waals surface area contributed by atoms with Gasteiger partial charge in [-0.2, -0.15) is 0 Å². The molecular weight excluding hydrogens is 256 g/mol. The Morgan fingerprint density at radius 1 is 1.10 bits per heavy atom. The molecule has 0 radical (unpaired) electrons. The first-order chi connectivity index (χ1) is 9.79. The van der Waals surface area contributed by atoms with Gasteiger partial charge in [-0.1, -0.05) is 19.8 Å². The van der Waals surface area contributed by atoms with Crippen molar-refractivity contribution in [3.8, 4) is 5.75 Å². The standard InChI is InChI=1S/C16H16O4/c1-2-3-4-8-18-16-14-12(7-9-19-14)10-11-5-6-13(17)20-15(11)16/h5-7,9-10H,2-4,8H2,1H3. The molecule has 0 spiro atoms. The Morgan fingerprint density at radius 3 is 2.80 bits per heavy atom. The smallest absolute Gasteiger partial charge is 0.336 e. The van der Waals surface area contributed by atoms with Crippen molar-refractivity contribution >= 4 is 21.9 Å². The van der Waals surface area contributed by atoms with Crippen LogP contribution in [0.3, 0.4) is 0 Å². The van der Waals surface area contributed by atoms with Crippen molar-refractivity contribution in [3.63, 3.8) is 0 Å². The number of unbranched alkanes of at least 4 members (excludes halogenated alkanes) is 2. The monoisotopic (exact) mass is 272 g/mol. The van der Waals surface area contributed by atoms with Crippen molar-refractivity contribution < 1.29 is 13.6 Å². The maximum atomic E-state index is 11.4. The summed E-state index contributed by atoms with van der Waals surface area (Å²) in [5, 5.41) is 1.78. The van der Waals surface area contributed by atoms with Gasteiger partial charge in [0.25, 0.3) is 0 Å². The van der Waals surface area contributed by atoms with E-state index >= 15 is 0 Å². The lowest BCUT2D eigenvalue weighted by Crippen LogP contribution is -2.00. The minimum atomic E-state index is -0.387. The van der Waals surface area contributed by atoms with E-state index < -0.39 is 0 Å². The Labute approximate surface area is 115 Å². The van der Waals surface area contributed by atoms with Crippen LogP contribution in [0.4, 0.5) is 0 Å². The van der Waals surface area contributed by atoms with E-state index in [0.717, 1.165) is 30.0 Å². The SMILES string of the molecule is CCCCCOc1c2occc2cc2ccc(=O)oc12. The van der Waals surface area contributed by atoms with Crippen LogP contribution in [0.1, 0.15) is 26.2 Å². The fourth-order valence-electron chi connectivity index (χ4n) is 2.26. The molecule has 0 saturated heterocycles. The molecule has 0 aliphatic rings. The van der Waals surface area contributed by atoms with Crippen LogP contribution in [-0.2, 0) is 0 Å². The summed E-state index contributed by atoms with van der Waals surface area (Å²) in [5.74, 6) is 0.524. The van der Waals surface area contributed by atoms with Crippen LogP contribution in [0.15, 0.2) is 44.2 Å². The van der Waals surface area contributed by atoms with E-state index in [1.54, 1.807) is 12.3 Å². The van der Waals surface area contributed by atoms with Gasteiger partial charge >= 0.3 is 5.63 Å². The molecule has 0 fully saturated rings. The number of rotatable bonds is 5. The third-order valence-electron chi connectivity index (χ3n) is 3.28. The molecule has 2 heterocycles. The molecule has 4 heteroatoms. The first kappa shape index (κ1) is 12.8. The van der Waals surface area contributed by atoms with Gasteiger partial charge in [-0.05, 0) is 24.6 Å². The minimum Gasteiger partial charge on any atom is -0.486 e. The first-order valence-electron chi connectivity index (χ1n) is 6.86. The molecule has 104 valence electrons.